The van der Waals surface area contributed by atoms with Gasteiger partial charge in [0.2, 0.25) is 0 Å². The van der Waals surface area contributed by atoms with Gasteiger partial charge in [-0.25, -0.2) is 4.98 Å². The van der Waals surface area contributed by atoms with Crippen LogP contribution in [0.15, 0.2) is 66.2 Å². The molecule has 1 aromatic heterocycles. The lowest BCUT2D eigenvalue weighted by atomic mass is 10.0. The predicted molar refractivity (Wildman–Crippen MR) is 90.0 cm³/mol. The number of benzene rings is 1. The van der Waals surface area contributed by atoms with Gasteiger partial charge in [-0.15, -0.1) is 0 Å². The molecule has 0 aliphatic heterocycles. The molecule has 2 aromatic rings. The third-order valence-electron chi connectivity index (χ3n) is 3.14. The Morgan fingerprint density at radius 1 is 1.33 bits per heavy atom. The molecular formula is C18H21N3. The van der Waals surface area contributed by atoms with Crippen molar-refractivity contribution >= 4 is 17.6 Å². The highest BCUT2D eigenvalue weighted by Crippen LogP contribution is 2.20. The van der Waals surface area contributed by atoms with E-state index in [4.69, 9.17) is 0 Å². The fourth-order valence-corrected chi connectivity index (χ4v) is 1.91. The Morgan fingerprint density at radius 3 is 2.86 bits per heavy atom. The van der Waals surface area contributed by atoms with Gasteiger partial charge in [0.05, 0.1) is 23.9 Å². The summed E-state index contributed by atoms with van der Waals surface area (Å²) in [4.78, 5) is 8.66. The molecule has 0 amide bonds. The topological polar surface area (TPSA) is 30.2 Å². The second-order valence-corrected chi connectivity index (χ2v) is 5.10. The maximum absolute atomic E-state index is 4.58. The lowest BCUT2D eigenvalue weighted by Crippen LogP contribution is -1.94. The standard InChI is InChI=1S/C18H21N3/c1-4-5-9-18(21-11-10-19-14-21)13-20-17-8-6-7-16(12-17)15(2)3/h4-15H,1-3H3/b5-4+,18-9+,20-13?. The molecule has 0 spiro atoms. The van der Waals surface area contributed by atoms with Gasteiger partial charge in [0, 0.05) is 12.4 Å². The molecule has 0 unspecified atom stereocenters. The molecule has 0 N–H and O–H groups in total. The van der Waals surface area contributed by atoms with Crippen LogP contribution in [0.5, 0.6) is 0 Å². The van der Waals surface area contributed by atoms with Gasteiger partial charge < -0.3 is 4.57 Å². The van der Waals surface area contributed by atoms with Crippen molar-refractivity contribution in [3.05, 3.63) is 66.8 Å². The van der Waals surface area contributed by atoms with E-state index in [0.29, 0.717) is 5.92 Å². The maximum Gasteiger partial charge on any atom is 0.0992 e. The fourth-order valence-electron chi connectivity index (χ4n) is 1.91. The van der Waals surface area contributed by atoms with Crippen molar-refractivity contribution < 1.29 is 0 Å². The quantitative estimate of drug-likeness (QED) is 0.569. The minimum Gasteiger partial charge on any atom is -0.305 e. The minimum absolute atomic E-state index is 0.506. The Morgan fingerprint density at radius 2 is 2.19 bits per heavy atom. The summed E-state index contributed by atoms with van der Waals surface area (Å²) < 4.78 is 1.94. The van der Waals surface area contributed by atoms with Crippen LogP contribution >= 0.6 is 0 Å². The number of allylic oxidation sites excluding steroid dienone is 4. The van der Waals surface area contributed by atoms with Crippen molar-refractivity contribution in [3.8, 4) is 0 Å². The summed E-state index contributed by atoms with van der Waals surface area (Å²) >= 11 is 0. The molecule has 0 aliphatic carbocycles. The molecule has 0 fully saturated rings. The summed E-state index contributed by atoms with van der Waals surface area (Å²) in [6.45, 7) is 6.36. The highest BCUT2D eigenvalue weighted by atomic mass is 15.0. The predicted octanol–water partition coefficient (Wildman–Crippen LogP) is 4.83. The van der Waals surface area contributed by atoms with Crippen LogP contribution in [0.1, 0.15) is 32.3 Å². The SMILES string of the molecule is C/C=C/C=C(\C=Nc1cccc(C(C)C)c1)n1ccnc1. The number of aromatic nitrogens is 2. The van der Waals surface area contributed by atoms with E-state index in [0.717, 1.165) is 11.4 Å². The molecule has 0 saturated heterocycles. The second-order valence-electron chi connectivity index (χ2n) is 5.10. The van der Waals surface area contributed by atoms with Crippen molar-refractivity contribution in [2.75, 3.05) is 0 Å². The molecule has 1 aromatic carbocycles. The van der Waals surface area contributed by atoms with E-state index in [1.165, 1.54) is 5.56 Å². The number of rotatable bonds is 5. The third-order valence-corrected chi connectivity index (χ3v) is 3.14. The summed E-state index contributed by atoms with van der Waals surface area (Å²) in [6, 6.07) is 8.33. The lowest BCUT2D eigenvalue weighted by molar-refractivity contribution is 0.867. The Labute approximate surface area is 126 Å². The average molecular weight is 279 g/mol. The molecule has 108 valence electrons. The molecule has 0 atom stereocenters. The van der Waals surface area contributed by atoms with Crippen LogP contribution in [0.4, 0.5) is 5.69 Å². The first-order chi connectivity index (χ1) is 10.2. The van der Waals surface area contributed by atoms with Crippen LogP contribution in [0.2, 0.25) is 0 Å². The van der Waals surface area contributed by atoms with Gasteiger partial charge in [0.15, 0.2) is 0 Å². The van der Waals surface area contributed by atoms with Gasteiger partial charge in [0.25, 0.3) is 0 Å². The Balaban J connectivity index is 2.26. The molecule has 0 saturated carbocycles. The highest BCUT2D eigenvalue weighted by Gasteiger charge is 2.00. The molecule has 0 aliphatic rings. The molecule has 21 heavy (non-hydrogen) atoms. The minimum atomic E-state index is 0.506. The molecule has 0 radical (unpaired) electrons. The zero-order chi connectivity index (χ0) is 15.1. The van der Waals surface area contributed by atoms with Crippen molar-refractivity contribution in [1.29, 1.82) is 0 Å². The van der Waals surface area contributed by atoms with Gasteiger partial charge in [-0.05, 0) is 36.6 Å². The van der Waals surface area contributed by atoms with E-state index in [-0.39, 0.29) is 0 Å². The number of imidazole rings is 1. The van der Waals surface area contributed by atoms with E-state index < -0.39 is 0 Å². The molecule has 3 heteroatoms. The summed E-state index contributed by atoms with van der Waals surface area (Å²) in [5.74, 6) is 0.506. The van der Waals surface area contributed by atoms with Crippen LogP contribution in [0, 0.1) is 0 Å². The average Bonchev–Trinajstić information content (AvgIpc) is 3.02. The Hall–Kier alpha value is -2.42. The van der Waals surface area contributed by atoms with Crippen LogP contribution in [-0.4, -0.2) is 15.8 Å². The first kappa shape index (κ1) is 15.0. The Bertz CT molecular complexity index is 647. The smallest absolute Gasteiger partial charge is 0.0992 e. The number of nitrogens with zero attached hydrogens (tertiary/aromatic N) is 3. The molecule has 2 rings (SSSR count). The first-order valence-corrected chi connectivity index (χ1v) is 7.16. The molecule has 3 nitrogen and oxygen atoms in total. The van der Waals surface area contributed by atoms with Crippen molar-refractivity contribution in [3.63, 3.8) is 0 Å². The summed E-state index contributed by atoms with van der Waals surface area (Å²) in [7, 11) is 0. The van der Waals surface area contributed by atoms with Crippen LogP contribution in [0.3, 0.4) is 0 Å². The van der Waals surface area contributed by atoms with Crippen molar-refractivity contribution in [1.82, 2.24) is 9.55 Å². The summed E-state index contributed by atoms with van der Waals surface area (Å²) in [6.07, 6.45) is 13.3. The van der Waals surface area contributed by atoms with Gasteiger partial charge in [0.1, 0.15) is 0 Å². The largest absolute Gasteiger partial charge is 0.305 e. The lowest BCUT2D eigenvalue weighted by Gasteiger charge is -2.06. The van der Waals surface area contributed by atoms with E-state index in [1.807, 2.05) is 48.2 Å². The first-order valence-electron chi connectivity index (χ1n) is 7.16. The maximum atomic E-state index is 4.58. The Kier molecular flexibility index (Phi) is 5.27. The second kappa shape index (κ2) is 7.39. The summed E-state index contributed by atoms with van der Waals surface area (Å²) in [5.41, 5.74) is 3.24. The van der Waals surface area contributed by atoms with E-state index in [2.05, 4.69) is 42.0 Å². The van der Waals surface area contributed by atoms with E-state index in [9.17, 15) is 0 Å². The van der Waals surface area contributed by atoms with E-state index in [1.54, 1.807) is 12.5 Å². The van der Waals surface area contributed by atoms with E-state index >= 15 is 0 Å². The van der Waals surface area contributed by atoms with Crippen molar-refractivity contribution in [2.45, 2.75) is 26.7 Å². The van der Waals surface area contributed by atoms with Crippen molar-refractivity contribution in [2.24, 2.45) is 4.99 Å². The van der Waals surface area contributed by atoms with Gasteiger partial charge in [-0.3, -0.25) is 4.99 Å². The zero-order valence-electron chi connectivity index (χ0n) is 12.8. The normalized spacial score (nSPS) is 12.9. The molecule has 1 heterocycles. The van der Waals surface area contributed by atoms with Gasteiger partial charge >= 0.3 is 0 Å². The van der Waals surface area contributed by atoms with Gasteiger partial charge in [-0.2, -0.15) is 0 Å². The van der Waals surface area contributed by atoms with Crippen LogP contribution in [0.25, 0.3) is 5.70 Å². The monoisotopic (exact) mass is 279 g/mol. The van der Waals surface area contributed by atoms with Crippen LogP contribution in [-0.2, 0) is 0 Å². The fraction of sp³-hybridized carbons (Fsp3) is 0.222. The highest BCUT2D eigenvalue weighted by molar-refractivity contribution is 6.03. The summed E-state index contributed by atoms with van der Waals surface area (Å²) in [5, 5.41) is 0. The van der Waals surface area contributed by atoms with Crippen LogP contribution < -0.4 is 0 Å². The number of aliphatic imine (C=N–C) groups is 1. The van der Waals surface area contributed by atoms with Gasteiger partial charge in [-0.1, -0.05) is 38.1 Å². The zero-order valence-corrected chi connectivity index (χ0v) is 12.8. The number of hydrogen-bond donors (Lipinski definition) is 0. The molecule has 0 bridgehead atoms. The molecular weight excluding hydrogens is 258 g/mol. The number of hydrogen-bond acceptors (Lipinski definition) is 2. The third kappa shape index (κ3) is 4.28.